The zero-order valence-electron chi connectivity index (χ0n) is 30.0. The Kier molecular flexibility index (Phi) is 8.07. The zero-order valence-corrected chi connectivity index (χ0v) is 30.0. The molecule has 0 heterocycles. The summed E-state index contributed by atoms with van der Waals surface area (Å²) in [7, 11) is 0. The summed E-state index contributed by atoms with van der Waals surface area (Å²) in [4.78, 5) is 41.9. The summed E-state index contributed by atoms with van der Waals surface area (Å²) in [5, 5.41) is 23.2. The van der Waals surface area contributed by atoms with Gasteiger partial charge in [-0.2, -0.15) is 23.7 Å². The summed E-state index contributed by atoms with van der Waals surface area (Å²) in [6.07, 6.45) is 5.37. The molecule has 9 heteroatoms. The first kappa shape index (κ1) is 35.8. The average Bonchev–Trinajstić information content (AvgIpc) is 3.03. The van der Waals surface area contributed by atoms with E-state index in [0.29, 0.717) is 25.7 Å². The van der Waals surface area contributed by atoms with E-state index in [1.165, 1.54) is 12.1 Å². The Labute approximate surface area is 292 Å². The minimum absolute atomic E-state index is 0.0162. The molecule has 264 valence electrons. The van der Waals surface area contributed by atoms with Gasteiger partial charge in [0.15, 0.2) is 11.6 Å². The third-order valence-electron chi connectivity index (χ3n) is 14.2. The number of halogens is 3. The highest BCUT2D eigenvalue weighted by Gasteiger charge is 2.70. The molecule has 1 amide bonds. The first-order valence-corrected chi connectivity index (χ1v) is 17.6. The second-order valence-corrected chi connectivity index (χ2v) is 17.6. The van der Waals surface area contributed by atoms with E-state index in [1.54, 1.807) is 0 Å². The maximum atomic E-state index is 14.7. The topological polar surface area (TPSA) is 111 Å². The molecular weight excluding hydrogens is 639 g/mol. The molecule has 1 aromatic rings. The Morgan fingerprint density at radius 1 is 0.940 bits per heavy atom. The highest BCUT2D eigenvalue weighted by atomic mass is 19.4. The number of rotatable bonds is 3. The summed E-state index contributed by atoms with van der Waals surface area (Å²) >= 11 is 0. The van der Waals surface area contributed by atoms with Crippen molar-refractivity contribution in [2.75, 3.05) is 0 Å². The molecule has 7 atom stereocenters. The van der Waals surface area contributed by atoms with Crippen molar-refractivity contribution in [1.29, 1.82) is 10.5 Å². The Balaban J connectivity index is 1.39. The number of hydrogen-bond acceptors (Lipinski definition) is 5. The number of nitrogens with zero attached hydrogens (tertiary/aromatic N) is 2. The van der Waals surface area contributed by atoms with Crippen LogP contribution in [0.1, 0.15) is 105 Å². The van der Waals surface area contributed by atoms with E-state index in [9.17, 15) is 38.1 Å². The first-order valence-electron chi connectivity index (χ1n) is 17.6. The fourth-order valence-corrected chi connectivity index (χ4v) is 11.3. The molecule has 6 rings (SSSR count). The molecule has 3 fully saturated rings. The quantitative estimate of drug-likeness (QED) is 0.253. The summed E-state index contributed by atoms with van der Waals surface area (Å²) in [5.41, 5.74) is -2.58. The highest BCUT2D eigenvalue weighted by Crippen LogP contribution is 2.73. The van der Waals surface area contributed by atoms with Gasteiger partial charge in [-0.25, -0.2) is 0 Å². The Morgan fingerprint density at radius 2 is 1.58 bits per heavy atom. The van der Waals surface area contributed by atoms with Crippen molar-refractivity contribution in [2.24, 2.45) is 44.8 Å². The van der Waals surface area contributed by atoms with Gasteiger partial charge in [0.2, 0.25) is 5.91 Å². The van der Waals surface area contributed by atoms with Crippen molar-refractivity contribution < 1.29 is 27.6 Å². The van der Waals surface area contributed by atoms with Crippen molar-refractivity contribution >= 4 is 23.0 Å². The minimum Gasteiger partial charge on any atom is -0.347 e. The molecule has 5 aliphatic rings. The third-order valence-corrected chi connectivity index (χ3v) is 14.2. The fraction of sp³-hybridized carbons (Fsp3) is 0.585. The van der Waals surface area contributed by atoms with Crippen molar-refractivity contribution in [3.05, 3.63) is 64.8 Å². The Bertz CT molecular complexity index is 1850. The normalized spacial score (nSPS) is 37.4. The molecule has 0 aliphatic heterocycles. The van der Waals surface area contributed by atoms with Crippen LogP contribution in [0, 0.1) is 67.5 Å². The van der Waals surface area contributed by atoms with Crippen molar-refractivity contribution in [3.63, 3.8) is 0 Å². The lowest BCUT2D eigenvalue weighted by molar-refractivity contribution is -0.163. The van der Waals surface area contributed by atoms with E-state index in [-0.39, 0.29) is 45.5 Å². The van der Waals surface area contributed by atoms with Crippen LogP contribution in [0.4, 0.5) is 13.2 Å². The number of ketones is 2. The molecule has 5 aliphatic carbocycles. The van der Waals surface area contributed by atoms with E-state index in [2.05, 4.69) is 46.0 Å². The summed E-state index contributed by atoms with van der Waals surface area (Å²) in [6.45, 7) is 14.8. The number of hydrogen-bond donors (Lipinski definition) is 1. The second kappa shape index (κ2) is 11.3. The first-order chi connectivity index (χ1) is 23.1. The van der Waals surface area contributed by atoms with Gasteiger partial charge < -0.3 is 5.32 Å². The SMILES string of the molecule is CC1(C)CC[C@]2(NC(=O)/C=C(\C#N)c3ccc(C(F)(F)F)cc3)CC[C@]3(C)[C@H](C(=O)C=C4[C@@]5(C)C=C(C#N)C(=O)C(C)(C)[C@@H]5CC[C@]43C)[C@@H]2C1. The van der Waals surface area contributed by atoms with Crippen molar-refractivity contribution in [3.8, 4) is 12.1 Å². The number of Topliss-reactive ketones (excluding diaryl/α,β-unsaturated/α-hetero) is 1. The molecule has 0 aromatic heterocycles. The van der Waals surface area contributed by atoms with Crippen LogP contribution in [0.5, 0.6) is 0 Å². The predicted molar refractivity (Wildman–Crippen MR) is 182 cm³/mol. The molecule has 0 spiro atoms. The lowest BCUT2D eigenvalue weighted by Crippen LogP contribution is -2.69. The molecule has 1 N–H and O–H groups in total. The van der Waals surface area contributed by atoms with Crippen LogP contribution in [0.25, 0.3) is 5.57 Å². The third kappa shape index (κ3) is 5.13. The largest absolute Gasteiger partial charge is 0.416 e. The van der Waals surface area contributed by atoms with Crippen LogP contribution in [0.3, 0.4) is 0 Å². The Hall–Kier alpha value is -3.98. The van der Waals surface area contributed by atoms with E-state index in [1.807, 2.05) is 32.1 Å². The van der Waals surface area contributed by atoms with Gasteiger partial charge in [0.1, 0.15) is 6.07 Å². The van der Waals surface area contributed by atoms with E-state index in [4.69, 9.17) is 0 Å². The fourth-order valence-electron chi connectivity index (χ4n) is 11.3. The van der Waals surface area contributed by atoms with Gasteiger partial charge in [0, 0.05) is 28.4 Å². The van der Waals surface area contributed by atoms with Gasteiger partial charge in [0.05, 0.1) is 22.8 Å². The summed E-state index contributed by atoms with van der Waals surface area (Å²) in [6, 6.07) is 8.30. The van der Waals surface area contributed by atoms with Crippen LogP contribution < -0.4 is 5.32 Å². The summed E-state index contributed by atoms with van der Waals surface area (Å²) < 4.78 is 39.4. The number of fused-ring (bicyclic) bond motifs is 7. The van der Waals surface area contributed by atoms with Crippen molar-refractivity contribution in [2.45, 2.75) is 105 Å². The molecule has 6 nitrogen and oxygen atoms in total. The lowest BCUT2D eigenvalue weighted by Gasteiger charge is -2.69. The van der Waals surface area contributed by atoms with Gasteiger partial charge in [-0.15, -0.1) is 0 Å². The number of nitrogens with one attached hydrogen (secondary N) is 1. The van der Waals surface area contributed by atoms with E-state index < -0.39 is 50.8 Å². The molecule has 0 unspecified atom stereocenters. The average molecular weight is 686 g/mol. The lowest BCUT2D eigenvalue weighted by atomic mass is 9.35. The van der Waals surface area contributed by atoms with Crippen molar-refractivity contribution in [1.82, 2.24) is 5.32 Å². The second-order valence-electron chi connectivity index (χ2n) is 17.6. The molecule has 0 radical (unpaired) electrons. The molecule has 1 aromatic carbocycles. The number of carbonyl (C=O) groups excluding carboxylic acids is 3. The van der Waals surface area contributed by atoms with Gasteiger partial charge in [-0.3, -0.25) is 14.4 Å². The molecule has 3 saturated carbocycles. The number of benzene rings is 1. The molecular formula is C41H46F3N3O3. The monoisotopic (exact) mass is 685 g/mol. The van der Waals surface area contributed by atoms with Gasteiger partial charge in [-0.05, 0) is 96.8 Å². The van der Waals surface area contributed by atoms with Gasteiger partial charge in [0.25, 0.3) is 0 Å². The standard InChI is InChI=1S/C41H46F3N3O3/c1-35(2)14-16-40(47-32(49)18-25(22-45)24-8-10-27(11-9-24)41(42,43)44)17-15-39(7)33(28(40)21-35)29(48)19-31-37(5)20-26(23-46)34(50)36(3,4)30(37)12-13-38(31,39)6/h8-11,18-20,28,30,33H,12-17,21H2,1-7H3,(H,47,49)/b25-18+/t28-,30-,33-,37-,38+,39+,40-/m0/s1. The van der Waals surface area contributed by atoms with Crippen LogP contribution in [-0.4, -0.2) is 23.0 Å². The zero-order chi connectivity index (χ0) is 36.9. The maximum absolute atomic E-state index is 14.7. The van der Waals surface area contributed by atoms with Gasteiger partial charge >= 0.3 is 6.18 Å². The van der Waals surface area contributed by atoms with E-state index >= 15 is 0 Å². The molecule has 50 heavy (non-hydrogen) atoms. The molecule has 0 saturated heterocycles. The van der Waals surface area contributed by atoms with Crippen LogP contribution >= 0.6 is 0 Å². The van der Waals surface area contributed by atoms with Crippen LogP contribution in [-0.2, 0) is 20.6 Å². The number of nitriles is 2. The number of carbonyl (C=O) groups is 3. The van der Waals surface area contributed by atoms with Gasteiger partial charge in [-0.1, -0.05) is 72.2 Å². The number of amides is 1. The number of alkyl halides is 3. The minimum atomic E-state index is -4.52. The Morgan fingerprint density at radius 3 is 2.18 bits per heavy atom. The number of allylic oxidation sites excluding steroid dienone is 5. The van der Waals surface area contributed by atoms with Crippen LogP contribution in [0.15, 0.2) is 53.6 Å². The van der Waals surface area contributed by atoms with Crippen LogP contribution in [0.2, 0.25) is 0 Å². The van der Waals surface area contributed by atoms with E-state index in [0.717, 1.165) is 43.0 Å². The summed E-state index contributed by atoms with van der Waals surface area (Å²) in [5.74, 6) is -1.28. The smallest absolute Gasteiger partial charge is 0.347 e. The molecule has 0 bridgehead atoms. The maximum Gasteiger partial charge on any atom is 0.416 e. The highest BCUT2D eigenvalue weighted by molar-refractivity contribution is 6.05. The predicted octanol–water partition coefficient (Wildman–Crippen LogP) is 8.70.